The monoisotopic (exact) mass is 343 g/mol. The maximum atomic E-state index is 5.37. The molecule has 0 aliphatic heterocycles. The van der Waals surface area contributed by atoms with E-state index in [1.54, 1.807) is 18.6 Å². The van der Waals surface area contributed by atoms with E-state index in [0.29, 0.717) is 18.3 Å². The standard InChI is InChI=1S/C20H17N5O/c1-2-7-15(8-3-1)19(17-10-4-5-12-22-17)23-14-18-24-20(25-26-18)16-9-6-11-21-13-16/h1-13,19,23H,14H2. The molecule has 0 saturated heterocycles. The van der Waals surface area contributed by atoms with Gasteiger partial charge in [-0.3, -0.25) is 15.3 Å². The molecule has 6 nitrogen and oxygen atoms in total. The van der Waals surface area contributed by atoms with Crippen molar-refractivity contribution >= 4 is 0 Å². The average molecular weight is 343 g/mol. The number of hydrogen-bond acceptors (Lipinski definition) is 6. The zero-order chi connectivity index (χ0) is 17.6. The molecule has 0 aliphatic rings. The van der Waals surface area contributed by atoms with Crippen molar-refractivity contribution in [2.75, 3.05) is 0 Å². The topological polar surface area (TPSA) is 76.7 Å². The number of hydrogen-bond donors (Lipinski definition) is 1. The van der Waals surface area contributed by atoms with Crippen molar-refractivity contribution in [2.24, 2.45) is 0 Å². The van der Waals surface area contributed by atoms with E-state index in [4.69, 9.17) is 4.52 Å². The Bertz CT molecular complexity index is 902. The minimum Gasteiger partial charge on any atom is -0.338 e. The van der Waals surface area contributed by atoms with Gasteiger partial charge in [-0.2, -0.15) is 4.98 Å². The molecular weight excluding hydrogens is 326 g/mol. The van der Waals surface area contributed by atoms with E-state index in [1.165, 1.54) is 0 Å². The second kappa shape index (κ2) is 7.67. The summed E-state index contributed by atoms with van der Waals surface area (Å²) in [6, 6.07) is 19.7. The molecule has 1 N–H and O–H groups in total. The van der Waals surface area contributed by atoms with Crippen LogP contribution in [0.15, 0.2) is 83.8 Å². The van der Waals surface area contributed by atoms with Gasteiger partial charge in [0, 0.05) is 24.2 Å². The Hall–Kier alpha value is -3.38. The molecule has 0 amide bonds. The summed E-state index contributed by atoms with van der Waals surface area (Å²) in [5.74, 6) is 1.05. The Kier molecular flexibility index (Phi) is 4.75. The highest BCUT2D eigenvalue weighted by molar-refractivity contribution is 5.51. The lowest BCUT2D eigenvalue weighted by atomic mass is 10.0. The van der Waals surface area contributed by atoms with E-state index in [0.717, 1.165) is 16.8 Å². The molecular formula is C20H17N5O. The van der Waals surface area contributed by atoms with E-state index in [2.05, 4.69) is 37.6 Å². The zero-order valence-corrected chi connectivity index (χ0v) is 14.0. The summed E-state index contributed by atoms with van der Waals surface area (Å²) in [7, 11) is 0. The third-order valence-corrected chi connectivity index (χ3v) is 3.96. The molecule has 4 aromatic rings. The van der Waals surface area contributed by atoms with Gasteiger partial charge in [-0.25, -0.2) is 0 Å². The fourth-order valence-corrected chi connectivity index (χ4v) is 2.71. The molecule has 1 atom stereocenters. The molecule has 0 fully saturated rings. The first-order valence-corrected chi connectivity index (χ1v) is 8.32. The lowest BCUT2D eigenvalue weighted by molar-refractivity contribution is 0.362. The van der Waals surface area contributed by atoms with E-state index < -0.39 is 0 Å². The maximum Gasteiger partial charge on any atom is 0.240 e. The van der Waals surface area contributed by atoms with Crippen LogP contribution in [0.2, 0.25) is 0 Å². The number of benzene rings is 1. The summed E-state index contributed by atoms with van der Waals surface area (Å²) in [4.78, 5) is 13.0. The minimum atomic E-state index is -0.0638. The predicted octanol–water partition coefficient (Wildman–Crippen LogP) is 3.41. The quantitative estimate of drug-likeness (QED) is 0.578. The molecule has 0 aliphatic carbocycles. The lowest BCUT2D eigenvalue weighted by Crippen LogP contribution is -2.23. The highest BCUT2D eigenvalue weighted by Gasteiger charge is 2.16. The van der Waals surface area contributed by atoms with E-state index in [1.807, 2.05) is 48.5 Å². The largest absolute Gasteiger partial charge is 0.338 e. The molecule has 0 radical (unpaired) electrons. The highest BCUT2D eigenvalue weighted by Crippen LogP contribution is 2.21. The zero-order valence-electron chi connectivity index (χ0n) is 14.0. The Morgan fingerprint density at radius 1 is 0.923 bits per heavy atom. The molecule has 3 aromatic heterocycles. The van der Waals surface area contributed by atoms with Crippen molar-refractivity contribution in [1.29, 1.82) is 0 Å². The third-order valence-electron chi connectivity index (χ3n) is 3.96. The van der Waals surface area contributed by atoms with Crippen LogP contribution in [0.3, 0.4) is 0 Å². The molecule has 26 heavy (non-hydrogen) atoms. The maximum absolute atomic E-state index is 5.37. The van der Waals surface area contributed by atoms with Gasteiger partial charge in [0.2, 0.25) is 11.7 Å². The number of nitrogens with zero attached hydrogens (tertiary/aromatic N) is 4. The van der Waals surface area contributed by atoms with Gasteiger partial charge in [0.05, 0.1) is 18.3 Å². The van der Waals surface area contributed by atoms with Crippen LogP contribution >= 0.6 is 0 Å². The Morgan fingerprint density at radius 2 is 1.81 bits per heavy atom. The molecule has 1 aromatic carbocycles. The predicted molar refractivity (Wildman–Crippen MR) is 96.9 cm³/mol. The van der Waals surface area contributed by atoms with Crippen LogP contribution < -0.4 is 5.32 Å². The Morgan fingerprint density at radius 3 is 2.58 bits per heavy atom. The molecule has 4 rings (SSSR count). The smallest absolute Gasteiger partial charge is 0.240 e. The van der Waals surface area contributed by atoms with Crippen molar-refractivity contribution in [3.8, 4) is 11.4 Å². The van der Waals surface area contributed by atoms with Crippen LogP contribution in [0.4, 0.5) is 0 Å². The van der Waals surface area contributed by atoms with Gasteiger partial charge in [-0.1, -0.05) is 41.6 Å². The fraction of sp³-hybridized carbons (Fsp3) is 0.100. The number of aromatic nitrogens is 4. The van der Waals surface area contributed by atoms with Gasteiger partial charge in [0.1, 0.15) is 0 Å². The SMILES string of the molecule is c1ccc(C(NCc2nc(-c3cccnc3)no2)c2ccccn2)cc1. The molecule has 1 unspecified atom stereocenters. The Balaban J connectivity index is 1.53. The molecule has 0 bridgehead atoms. The molecule has 6 heteroatoms. The van der Waals surface area contributed by atoms with Crippen LogP contribution in [-0.4, -0.2) is 20.1 Å². The number of nitrogens with one attached hydrogen (secondary N) is 1. The summed E-state index contributed by atoms with van der Waals surface area (Å²) in [6.07, 6.45) is 5.21. The normalized spacial score (nSPS) is 12.0. The lowest BCUT2D eigenvalue weighted by Gasteiger charge is -2.17. The van der Waals surface area contributed by atoms with Gasteiger partial charge >= 0.3 is 0 Å². The van der Waals surface area contributed by atoms with Crippen molar-refractivity contribution < 1.29 is 4.52 Å². The summed E-state index contributed by atoms with van der Waals surface area (Å²) >= 11 is 0. The van der Waals surface area contributed by atoms with E-state index >= 15 is 0 Å². The van der Waals surface area contributed by atoms with Gasteiger partial charge in [0.25, 0.3) is 0 Å². The third kappa shape index (κ3) is 3.65. The molecule has 3 heterocycles. The molecule has 0 saturated carbocycles. The van der Waals surface area contributed by atoms with Crippen molar-refractivity contribution in [2.45, 2.75) is 12.6 Å². The van der Waals surface area contributed by atoms with Gasteiger partial charge in [0.15, 0.2) is 0 Å². The Labute approximate surface area is 151 Å². The summed E-state index contributed by atoms with van der Waals surface area (Å²) < 4.78 is 5.37. The second-order valence-corrected chi connectivity index (χ2v) is 5.73. The first kappa shape index (κ1) is 16.1. The van der Waals surface area contributed by atoms with Crippen molar-refractivity contribution in [3.63, 3.8) is 0 Å². The van der Waals surface area contributed by atoms with Gasteiger partial charge < -0.3 is 4.52 Å². The average Bonchev–Trinajstić information content (AvgIpc) is 3.20. The van der Waals surface area contributed by atoms with Crippen LogP contribution in [0.5, 0.6) is 0 Å². The van der Waals surface area contributed by atoms with Gasteiger partial charge in [-0.15, -0.1) is 0 Å². The van der Waals surface area contributed by atoms with Crippen molar-refractivity contribution in [1.82, 2.24) is 25.4 Å². The minimum absolute atomic E-state index is 0.0638. The summed E-state index contributed by atoms with van der Waals surface area (Å²) in [6.45, 7) is 0.434. The van der Waals surface area contributed by atoms with E-state index in [9.17, 15) is 0 Å². The highest BCUT2D eigenvalue weighted by atomic mass is 16.5. The van der Waals surface area contributed by atoms with Crippen LogP contribution in [0.25, 0.3) is 11.4 Å². The van der Waals surface area contributed by atoms with Crippen LogP contribution in [0, 0.1) is 0 Å². The first-order chi connectivity index (χ1) is 12.9. The summed E-state index contributed by atoms with van der Waals surface area (Å²) in [5.41, 5.74) is 2.88. The van der Waals surface area contributed by atoms with Crippen LogP contribution in [-0.2, 0) is 6.54 Å². The van der Waals surface area contributed by atoms with Gasteiger partial charge in [-0.05, 0) is 29.8 Å². The van der Waals surface area contributed by atoms with Crippen molar-refractivity contribution in [3.05, 3.63) is 96.4 Å². The first-order valence-electron chi connectivity index (χ1n) is 8.32. The van der Waals surface area contributed by atoms with Crippen LogP contribution in [0.1, 0.15) is 23.2 Å². The fourth-order valence-electron chi connectivity index (χ4n) is 2.71. The second-order valence-electron chi connectivity index (χ2n) is 5.73. The van der Waals surface area contributed by atoms with E-state index in [-0.39, 0.29) is 6.04 Å². The number of rotatable bonds is 6. The summed E-state index contributed by atoms with van der Waals surface area (Å²) in [5, 5.41) is 7.49. The molecule has 0 spiro atoms. The number of pyridine rings is 2. The molecule has 128 valence electrons.